The van der Waals surface area contributed by atoms with Gasteiger partial charge in [-0.3, -0.25) is 4.79 Å². The van der Waals surface area contributed by atoms with Gasteiger partial charge in [-0.2, -0.15) is 0 Å². The van der Waals surface area contributed by atoms with E-state index in [1.807, 2.05) is 39.0 Å². The van der Waals surface area contributed by atoms with Crippen LogP contribution in [0.5, 0.6) is 11.5 Å². The molecule has 0 aliphatic carbocycles. The fourth-order valence-electron chi connectivity index (χ4n) is 2.79. The molecule has 0 aromatic heterocycles. The Morgan fingerprint density at radius 2 is 1.95 bits per heavy atom. The highest BCUT2D eigenvalue weighted by atomic mass is 16.5. The molecule has 0 amide bonds. The molecule has 21 heavy (non-hydrogen) atoms. The van der Waals surface area contributed by atoms with E-state index in [-0.39, 0.29) is 11.2 Å². The number of hydrogen-bond donors (Lipinski definition) is 1. The van der Waals surface area contributed by atoms with E-state index in [0.29, 0.717) is 30.3 Å². The summed E-state index contributed by atoms with van der Waals surface area (Å²) in [6.45, 7) is 8.77. The highest BCUT2D eigenvalue weighted by molar-refractivity contribution is 6.01. The third kappa shape index (κ3) is 3.56. The molecule has 1 aliphatic heterocycles. The van der Waals surface area contributed by atoms with Crippen molar-refractivity contribution in [1.82, 2.24) is 5.32 Å². The van der Waals surface area contributed by atoms with E-state index in [2.05, 4.69) is 5.32 Å². The van der Waals surface area contributed by atoms with E-state index in [9.17, 15) is 4.79 Å². The van der Waals surface area contributed by atoms with E-state index < -0.39 is 0 Å². The molecule has 1 unspecified atom stereocenters. The van der Waals surface area contributed by atoms with Crippen LogP contribution in [0.3, 0.4) is 0 Å². The number of ketones is 1. The molecule has 1 fully saturated rings. The normalized spacial score (nSPS) is 21.9. The van der Waals surface area contributed by atoms with Crippen LogP contribution in [0.1, 0.15) is 44.0 Å². The Morgan fingerprint density at radius 1 is 1.24 bits per heavy atom. The number of carbonyl (C=O) groups excluding carboxylic acids is 1. The van der Waals surface area contributed by atoms with Crippen molar-refractivity contribution in [1.29, 1.82) is 0 Å². The lowest BCUT2D eigenvalue weighted by Gasteiger charge is -2.32. The maximum Gasteiger partial charge on any atom is 0.170 e. The smallest absolute Gasteiger partial charge is 0.170 e. The van der Waals surface area contributed by atoms with Crippen molar-refractivity contribution < 1.29 is 14.3 Å². The standard InChI is InChI=1S/C17H25NO3/c1-4-20-14-8-7-13(11-15(14)21-5-2)16(19)17(3)9-6-10-18-12-17/h7-8,11,18H,4-6,9-10,12H2,1-3H3. The number of piperidine rings is 1. The zero-order valence-corrected chi connectivity index (χ0v) is 13.2. The minimum Gasteiger partial charge on any atom is -0.490 e. The van der Waals surface area contributed by atoms with Gasteiger partial charge < -0.3 is 14.8 Å². The van der Waals surface area contributed by atoms with Crippen LogP contribution < -0.4 is 14.8 Å². The molecule has 1 saturated heterocycles. The highest BCUT2D eigenvalue weighted by Gasteiger charge is 2.35. The summed E-state index contributed by atoms with van der Waals surface area (Å²) in [6.07, 6.45) is 1.97. The summed E-state index contributed by atoms with van der Waals surface area (Å²) in [4.78, 5) is 12.8. The van der Waals surface area contributed by atoms with E-state index in [0.717, 1.165) is 25.9 Å². The molecule has 0 spiro atoms. The van der Waals surface area contributed by atoms with Gasteiger partial charge in [-0.05, 0) is 51.4 Å². The molecule has 4 nitrogen and oxygen atoms in total. The van der Waals surface area contributed by atoms with Gasteiger partial charge in [0.05, 0.1) is 13.2 Å². The maximum atomic E-state index is 12.8. The molecule has 4 heteroatoms. The zero-order valence-electron chi connectivity index (χ0n) is 13.2. The molecule has 1 aromatic carbocycles. The first-order valence-corrected chi connectivity index (χ1v) is 7.76. The Hall–Kier alpha value is -1.55. The topological polar surface area (TPSA) is 47.6 Å². The summed E-state index contributed by atoms with van der Waals surface area (Å²) in [5, 5.41) is 3.32. The largest absolute Gasteiger partial charge is 0.490 e. The van der Waals surface area contributed by atoms with Crippen LogP contribution in [-0.4, -0.2) is 32.1 Å². The van der Waals surface area contributed by atoms with Crippen LogP contribution in [0.25, 0.3) is 0 Å². The second kappa shape index (κ2) is 6.94. The molecule has 0 bridgehead atoms. The van der Waals surface area contributed by atoms with Gasteiger partial charge in [0.25, 0.3) is 0 Å². The number of benzene rings is 1. The van der Waals surface area contributed by atoms with Crippen LogP contribution in [0.2, 0.25) is 0 Å². The van der Waals surface area contributed by atoms with Crippen LogP contribution in [-0.2, 0) is 0 Å². The second-order valence-corrected chi connectivity index (χ2v) is 5.70. The van der Waals surface area contributed by atoms with E-state index in [1.54, 1.807) is 0 Å². The van der Waals surface area contributed by atoms with Crippen LogP contribution >= 0.6 is 0 Å². The summed E-state index contributed by atoms with van der Waals surface area (Å²) in [6, 6.07) is 5.49. The monoisotopic (exact) mass is 291 g/mol. The Balaban J connectivity index is 2.26. The molecule has 1 N–H and O–H groups in total. The second-order valence-electron chi connectivity index (χ2n) is 5.70. The predicted molar refractivity (Wildman–Crippen MR) is 83.3 cm³/mol. The Labute approximate surface area is 126 Å². The van der Waals surface area contributed by atoms with E-state index in [4.69, 9.17) is 9.47 Å². The van der Waals surface area contributed by atoms with Gasteiger partial charge in [-0.1, -0.05) is 6.92 Å². The van der Waals surface area contributed by atoms with Crippen molar-refractivity contribution in [3.05, 3.63) is 23.8 Å². The fourth-order valence-corrected chi connectivity index (χ4v) is 2.79. The van der Waals surface area contributed by atoms with Crippen molar-refractivity contribution in [3.8, 4) is 11.5 Å². The van der Waals surface area contributed by atoms with E-state index in [1.165, 1.54) is 0 Å². The number of hydrogen-bond acceptors (Lipinski definition) is 4. The molecular weight excluding hydrogens is 266 g/mol. The lowest BCUT2D eigenvalue weighted by molar-refractivity contribution is 0.0772. The molecule has 1 atom stereocenters. The first-order chi connectivity index (χ1) is 10.1. The molecular formula is C17H25NO3. The van der Waals surface area contributed by atoms with Crippen molar-refractivity contribution in [3.63, 3.8) is 0 Å². The van der Waals surface area contributed by atoms with Crippen LogP contribution in [0.4, 0.5) is 0 Å². The van der Waals surface area contributed by atoms with E-state index >= 15 is 0 Å². The van der Waals surface area contributed by atoms with Crippen molar-refractivity contribution in [2.75, 3.05) is 26.3 Å². The van der Waals surface area contributed by atoms with Gasteiger partial charge in [-0.15, -0.1) is 0 Å². The van der Waals surface area contributed by atoms with Gasteiger partial charge in [0.15, 0.2) is 17.3 Å². The average molecular weight is 291 g/mol. The maximum absolute atomic E-state index is 12.8. The van der Waals surface area contributed by atoms with Crippen LogP contribution in [0, 0.1) is 5.41 Å². The zero-order chi connectivity index (χ0) is 15.3. The van der Waals surface area contributed by atoms with Crippen molar-refractivity contribution in [2.24, 2.45) is 5.41 Å². The summed E-state index contributed by atoms with van der Waals surface area (Å²) in [5.74, 6) is 1.53. The summed E-state index contributed by atoms with van der Waals surface area (Å²) in [7, 11) is 0. The number of carbonyl (C=O) groups is 1. The first-order valence-electron chi connectivity index (χ1n) is 7.76. The summed E-state index contributed by atoms with van der Waals surface area (Å²) >= 11 is 0. The number of ether oxygens (including phenoxy) is 2. The fraction of sp³-hybridized carbons (Fsp3) is 0.588. The molecule has 1 aromatic rings. The molecule has 0 radical (unpaired) electrons. The summed E-state index contributed by atoms with van der Waals surface area (Å²) < 4.78 is 11.2. The van der Waals surface area contributed by atoms with Crippen LogP contribution in [0.15, 0.2) is 18.2 Å². The minimum absolute atomic E-state index is 0.179. The highest BCUT2D eigenvalue weighted by Crippen LogP contribution is 2.34. The minimum atomic E-state index is -0.325. The predicted octanol–water partition coefficient (Wildman–Crippen LogP) is 3.06. The molecule has 2 rings (SSSR count). The quantitative estimate of drug-likeness (QED) is 0.818. The third-order valence-corrected chi connectivity index (χ3v) is 3.95. The number of Topliss-reactive ketones (excluding diaryl/α,β-unsaturated/α-hetero) is 1. The Kier molecular flexibility index (Phi) is 5.23. The van der Waals surface area contributed by atoms with Gasteiger partial charge >= 0.3 is 0 Å². The van der Waals surface area contributed by atoms with Gasteiger partial charge in [-0.25, -0.2) is 0 Å². The van der Waals surface area contributed by atoms with Crippen molar-refractivity contribution >= 4 is 5.78 Å². The lowest BCUT2D eigenvalue weighted by atomic mass is 9.76. The SMILES string of the molecule is CCOc1ccc(C(=O)C2(C)CCCNC2)cc1OCC. The Morgan fingerprint density at radius 3 is 2.57 bits per heavy atom. The van der Waals surface area contributed by atoms with Gasteiger partial charge in [0.1, 0.15) is 0 Å². The molecule has 1 aliphatic rings. The third-order valence-electron chi connectivity index (χ3n) is 3.95. The summed E-state index contributed by atoms with van der Waals surface area (Å²) in [5.41, 5.74) is 0.377. The lowest BCUT2D eigenvalue weighted by Crippen LogP contribution is -2.43. The Bertz CT molecular complexity index is 493. The average Bonchev–Trinajstić information content (AvgIpc) is 2.49. The molecule has 116 valence electrons. The first kappa shape index (κ1) is 15.8. The number of nitrogens with one attached hydrogen (secondary N) is 1. The molecule has 0 saturated carbocycles. The van der Waals surface area contributed by atoms with Crippen molar-refractivity contribution in [2.45, 2.75) is 33.6 Å². The van der Waals surface area contributed by atoms with Gasteiger partial charge in [0, 0.05) is 17.5 Å². The molecule has 1 heterocycles. The number of rotatable bonds is 6. The van der Waals surface area contributed by atoms with Gasteiger partial charge in [0.2, 0.25) is 0 Å².